The van der Waals surface area contributed by atoms with Crippen molar-refractivity contribution < 1.29 is 4.79 Å². The first-order valence-corrected chi connectivity index (χ1v) is 7.99. The minimum Gasteiger partial charge on any atom is -0.288 e. The van der Waals surface area contributed by atoms with E-state index in [0.717, 1.165) is 15.4 Å². The van der Waals surface area contributed by atoms with Gasteiger partial charge in [-0.15, -0.1) is 11.3 Å². The summed E-state index contributed by atoms with van der Waals surface area (Å²) in [6, 6.07) is 8.10. The van der Waals surface area contributed by atoms with E-state index >= 15 is 0 Å². The maximum atomic E-state index is 12.5. The molecule has 0 spiro atoms. The molecule has 1 aromatic carbocycles. The van der Waals surface area contributed by atoms with Gasteiger partial charge >= 0.3 is 0 Å². The van der Waals surface area contributed by atoms with Crippen LogP contribution in [0, 0.1) is 6.92 Å². The predicted octanol–water partition coefficient (Wildman–Crippen LogP) is 3.01. The number of H-pyrrole nitrogens is 1. The van der Waals surface area contributed by atoms with E-state index in [1.807, 2.05) is 45.0 Å². The SMILES string of the molecule is Cc1ccc(-c2nc(C(=O)Nc3nnn[nH]3)c(C(C)C)s2)cc1. The second-order valence-corrected chi connectivity index (χ2v) is 6.49. The highest BCUT2D eigenvalue weighted by atomic mass is 32.1. The second-order valence-electron chi connectivity index (χ2n) is 5.46. The Morgan fingerprint density at radius 1 is 1.26 bits per heavy atom. The molecule has 2 aromatic heterocycles. The smallest absolute Gasteiger partial charge is 0.277 e. The van der Waals surface area contributed by atoms with Crippen molar-refractivity contribution in [1.82, 2.24) is 25.6 Å². The van der Waals surface area contributed by atoms with Crippen LogP contribution in [0.15, 0.2) is 24.3 Å². The quantitative estimate of drug-likeness (QED) is 0.767. The molecule has 0 unspecified atom stereocenters. The van der Waals surface area contributed by atoms with Crippen LogP contribution in [0.5, 0.6) is 0 Å². The summed E-state index contributed by atoms with van der Waals surface area (Å²) in [6.45, 7) is 6.12. The Labute approximate surface area is 137 Å². The maximum Gasteiger partial charge on any atom is 0.277 e. The molecule has 118 valence electrons. The fraction of sp³-hybridized carbons (Fsp3) is 0.267. The lowest BCUT2D eigenvalue weighted by atomic mass is 10.1. The van der Waals surface area contributed by atoms with Crippen LogP contribution in [-0.2, 0) is 0 Å². The van der Waals surface area contributed by atoms with Crippen molar-refractivity contribution in [1.29, 1.82) is 0 Å². The van der Waals surface area contributed by atoms with Crippen LogP contribution in [0.25, 0.3) is 10.6 Å². The normalized spacial score (nSPS) is 11.0. The first-order valence-electron chi connectivity index (χ1n) is 7.17. The zero-order valence-corrected chi connectivity index (χ0v) is 13.8. The Kier molecular flexibility index (Phi) is 4.16. The molecule has 0 aliphatic rings. The number of tetrazole rings is 1. The zero-order valence-electron chi connectivity index (χ0n) is 13.0. The number of aromatic amines is 1. The standard InChI is InChI=1S/C15H16N6OS/c1-8(2)12-11(13(22)17-15-18-20-21-19-15)16-14(23-12)10-6-4-9(3)5-7-10/h4-8H,1-3H3,(H2,17,18,19,20,21,22). The van der Waals surface area contributed by atoms with E-state index in [1.165, 1.54) is 16.9 Å². The molecule has 3 rings (SSSR count). The summed E-state index contributed by atoms with van der Waals surface area (Å²) in [5.41, 5.74) is 2.60. The third-order valence-corrected chi connectivity index (χ3v) is 4.67. The average Bonchev–Trinajstić information content (AvgIpc) is 3.17. The number of carbonyl (C=O) groups is 1. The Balaban J connectivity index is 1.95. The Morgan fingerprint density at radius 2 is 2.00 bits per heavy atom. The molecular weight excluding hydrogens is 312 g/mol. The molecule has 1 amide bonds. The van der Waals surface area contributed by atoms with Crippen LogP contribution < -0.4 is 5.32 Å². The number of thiazole rings is 1. The van der Waals surface area contributed by atoms with E-state index in [0.29, 0.717) is 5.69 Å². The number of nitrogens with one attached hydrogen (secondary N) is 2. The molecule has 0 aliphatic heterocycles. The van der Waals surface area contributed by atoms with Crippen LogP contribution in [0.2, 0.25) is 0 Å². The molecule has 8 heteroatoms. The molecule has 2 heterocycles. The van der Waals surface area contributed by atoms with E-state index in [9.17, 15) is 4.79 Å². The summed E-state index contributed by atoms with van der Waals surface area (Å²) in [5, 5.41) is 16.5. The Morgan fingerprint density at radius 3 is 2.61 bits per heavy atom. The third-order valence-electron chi connectivity index (χ3n) is 3.27. The predicted molar refractivity (Wildman–Crippen MR) is 88.5 cm³/mol. The van der Waals surface area contributed by atoms with Gasteiger partial charge in [0.2, 0.25) is 5.95 Å². The van der Waals surface area contributed by atoms with Gasteiger partial charge in [-0.1, -0.05) is 48.8 Å². The van der Waals surface area contributed by atoms with Crippen LogP contribution >= 0.6 is 11.3 Å². The minimum absolute atomic E-state index is 0.195. The number of anilines is 1. The van der Waals surface area contributed by atoms with Gasteiger partial charge in [0.25, 0.3) is 5.91 Å². The highest BCUT2D eigenvalue weighted by molar-refractivity contribution is 7.15. The van der Waals surface area contributed by atoms with Gasteiger partial charge in [0.1, 0.15) is 10.7 Å². The highest BCUT2D eigenvalue weighted by Crippen LogP contribution is 2.33. The summed E-state index contributed by atoms with van der Waals surface area (Å²) in [6.07, 6.45) is 0. The summed E-state index contributed by atoms with van der Waals surface area (Å²) in [4.78, 5) is 17.9. The topological polar surface area (TPSA) is 96.5 Å². The molecule has 2 N–H and O–H groups in total. The van der Waals surface area contributed by atoms with Crippen molar-refractivity contribution in [2.75, 3.05) is 5.32 Å². The molecule has 0 fully saturated rings. The Bertz CT molecular complexity index is 807. The van der Waals surface area contributed by atoms with Crippen molar-refractivity contribution >= 4 is 23.2 Å². The number of aromatic nitrogens is 5. The fourth-order valence-corrected chi connectivity index (χ4v) is 3.15. The van der Waals surface area contributed by atoms with Gasteiger partial charge in [0.05, 0.1) is 0 Å². The van der Waals surface area contributed by atoms with E-state index in [1.54, 1.807) is 0 Å². The number of amides is 1. The van der Waals surface area contributed by atoms with Crippen LogP contribution in [0.3, 0.4) is 0 Å². The van der Waals surface area contributed by atoms with E-state index < -0.39 is 0 Å². The molecule has 0 atom stereocenters. The van der Waals surface area contributed by atoms with Crippen molar-refractivity contribution in [3.05, 3.63) is 40.4 Å². The zero-order chi connectivity index (χ0) is 16.4. The van der Waals surface area contributed by atoms with Gasteiger partial charge in [0.15, 0.2) is 0 Å². The summed E-state index contributed by atoms with van der Waals surface area (Å²) < 4.78 is 0. The second kappa shape index (κ2) is 6.25. The lowest BCUT2D eigenvalue weighted by Gasteiger charge is -2.03. The molecule has 7 nitrogen and oxygen atoms in total. The fourth-order valence-electron chi connectivity index (χ4n) is 2.08. The number of nitrogens with zero attached hydrogens (tertiary/aromatic N) is 4. The summed E-state index contributed by atoms with van der Waals surface area (Å²) >= 11 is 1.53. The summed E-state index contributed by atoms with van der Waals surface area (Å²) in [5.74, 6) is 0.0803. The molecule has 3 aromatic rings. The molecule has 0 saturated carbocycles. The molecule has 0 bridgehead atoms. The maximum absolute atomic E-state index is 12.5. The first-order chi connectivity index (χ1) is 11.0. The van der Waals surface area contributed by atoms with Crippen molar-refractivity contribution in [2.24, 2.45) is 0 Å². The highest BCUT2D eigenvalue weighted by Gasteiger charge is 2.21. The number of aryl methyl sites for hydroxylation is 1. The number of rotatable bonds is 4. The van der Waals surface area contributed by atoms with Crippen molar-refractivity contribution in [2.45, 2.75) is 26.7 Å². The van der Waals surface area contributed by atoms with E-state index in [2.05, 4.69) is 30.9 Å². The molecule has 0 saturated heterocycles. The van der Waals surface area contributed by atoms with Crippen LogP contribution in [0.1, 0.15) is 40.7 Å². The van der Waals surface area contributed by atoms with Crippen molar-refractivity contribution in [3.8, 4) is 10.6 Å². The van der Waals surface area contributed by atoms with Gasteiger partial charge < -0.3 is 0 Å². The third kappa shape index (κ3) is 3.26. The van der Waals surface area contributed by atoms with Gasteiger partial charge in [-0.05, 0) is 23.3 Å². The minimum atomic E-state index is -0.318. The van der Waals surface area contributed by atoms with Crippen molar-refractivity contribution in [3.63, 3.8) is 0 Å². The van der Waals surface area contributed by atoms with Crippen LogP contribution in [0.4, 0.5) is 5.95 Å². The molecule has 0 aliphatic carbocycles. The van der Waals surface area contributed by atoms with E-state index in [-0.39, 0.29) is 17.8 Å². The van der Waals surface area contributed by atoms with Gasteiger partial charge in [-0.3, -0.25) is 10.1 Å². The molecule has 0 radical (unpaired) electrons. The number of hydrogen-bond acceptors (Lipinski definition) is 6. The Hall–Kier alpha value is -2.61. The lowest BCUT2D eigenvalue weighted by molar-refractivity contribution is 0.102. The molecule has 23 heavy (non-hydrogen) atoms. The largest absolute Gasteiger partial charge is 0.288 e. The number of hydrogen-bond donors (Lipinski definition) is 2. The van der Waals surface area contributed by atoms with E-state index in [4.69, 9.17) is 0 Å². The van der Waals surface area contributed by atoms with Gasteiger partial charge in [-0.25, -0.2) is 10.1 Å². The molecular formula is C15H16N6OS. The van der Waals surface area contributed by atoms with Gasteiger partial charge in [-0.2, -0.15) is 0 Å². The lowest BCUT2D eigenvalue weighted by Crippen LogP contribution is -2.15. The first kappa shape index (κ1) is 15.3. The van der Waals surface area contributed by atoms with Crippen LogP contribution in [-0.4, -0.2) is 31.5 Å². The van der Waals surface area contributed by atoms with Gasteiger partial charge in [0, 0.05) is 10.4 Å². The number of carbonyl (C=O) groups excluding carboxylic acids is 1. The monoisotopic (exact) mass is 328 g/mol. The summed E-state index contributed by atoms with van der Waals surface area (Å²) in [7, 11) is 0. The number of benzene rings is 1. The average molecular weight is 328 g/mol.